The number of carbonyl (C=O) groups excluding carboxylic acids is 1. The zero-order valence-corrected chi connectivity index (χ0v) is 12.3. The predicted octanol–water partition coefficient (Wildman–Crippen LogP) is 2.76. The van der Waals surface area contributed by atoms with Crippen LogP contribution in [0.15, 0.2) is 30.5 Å². The molecule has 0 spiro atoms. The van der Waals surface area contributed by atoms with Gasteiger partial charge in [-0.15, -0.1) is 0 Å². The Labute approximate surface area is 123 Å². The number of methoxy groups -OCH3 is 1. The lowest BCUT2D eigenvalue weighted by atomic mass is 10.1. The van der Waals surface area contributed by atoms with Crippen LogP contribution in [-0.4, -0.2) is 36.1 Å². The summed E-state index contributed by atoms with van der Waals surface area (Å²) in [6.07, 6.45) is 2.03. The average molecular weight is 290 g/mol. The quantitative estimate of drug-likeness (QED) is 0.767. The van der Waals surface area contributed by atoms with E-state index in [9.17, 15) is 9.18 Å². The third-order valence-electron chi connectivity index (χ3n) is 3.45. The molecule has 0 unspecified atom stereocenters. The van der Waals surface area contributed by atoms with E-state index in [1.165, 1.54) is 19.2 Å². The summed E-state index contributed by atoms with van der Waals surface area (Å²) in [5, 5.41) is 0.788. The largest absolute Gasteiger partial charge is 0.469 e. The Balaban J connectivity index is 2.19. The molecule has 1 aromatic heterocycles. The smallest absolute Gasteiger partial charge is 0.306 e. The molecule has 2 rings (SSSR count). The molecule has 0 atom stereocenters. The van der Waals surface area contributed by atoms with Crippen molar-refractivity contribution in [2.24, 2.45) is 0 Å². The highest BCUT2D eigenvalue weighted by atomic mass is 19.1. The van der Waals surface area contributed by atoms with E-state index in [4.69, 9.17) is 0 Å². The number of fused-ring (bicyclic) bond motifs is 1. The Bertz CT molecular complexity index is 631. The number of esters is 1. The highest BCUT2D eigenvalue weighted by Crippen LogP contribution is 2.20. The SMILES string of the molecule is CCN(CCC(=O)OC)Cc1cc(F)cc2cccnc12. The molecule has 5 heteroatoms. The molecule has 2 aromatic rings. The minimum atomic E-state index is -0.269. The molecule has 0 aliphatic rings. The second kappa shape index (κ2) is 7.13. The van der Waals surface area contributed by atoms with Crippen LogP contribution in [0.1, 0.15) is 18.9 Å². The Morgan fingerprint density at radius 2 is 2.24 bits per heavy atom. The van der Waals surface area contributed by atoms with Crippen molar-refractivity contribution in [3.8, 4) is 0 Å². The molecule has 0 radical (unpaired) electrons. The molecule has 1 aromatic carbocycles. The molecule has 0 saturated carbocycles. The monoisotopic (exact) mass is 290 g/mol. The predicted molar refractivity (Wildman–Crippen MR) is 79.3 cm³/mol. The number of aromatic nitrogens is 1. The Morgan fingerprint density at radius 1 is 1.43 bits per heavy atom. The summed E-state index contributed by atoms with van der Waals surface area (Å²) < 4.78 is 18.3. The molecule has 0 aliphatic heterocycles. The van der Waals surface area contributed by atoms with Gasteiger partial charge in [-0.2, -0.15) is 0 Å². The molecule has 0 N–H and O–H groups in total. The van der Waals surface area contributed by atoms with E-state index >= 15 is 0 Å². The maximum absolute atomic E-state index is 13.7. The summed E-state index contributed by atoms with van der Waals surface area (Å²) in [4.78, 5) is 17.6. The van der Waals surface area contributed by atoms with Gasteiger partial charge in [0.1, 0.15) is 5.82 Å². The van der Waals surface area contributed by atoms with Crippen LogP contribution >= 0.6 is 0 Å². The normalized spacial score (nSPS) is 11.0. The summed E-state index contributed by atoms with van der Waals surface area (Å²) in [6, 6.07) is 6.63. The van der Waals surface area contributed by atoms with Gasteiger partial charge in [-0.25, -0.2) is 4.39 Å². The average Bonchev–Trinajstić information content (AvgIpc) is 2.50. The molecule has 1 heterocycles. The van der Waals surface area contributed by atoms with E-state index in [-0.39, 0.29) is 11.8 Å². The van der Waals surface area contributed by atoms with Gasteiger partial charge in [-0.1, -0.05) is 13.0 Å². The van der Waals surface area contributed by atoms with E-state index in [1.54, 1.807) is 12.3 Å². The number of halogens is 1. The standard InChI is InChI=1S/C16H19FN2O2/c1-3-19(8-6-15(20)21-2)11-13-10-14(17)9-12-5-4-7-18-16(12)13/h4-5,7,9-10H,3,6,8,11H2,1-2H3. The molecule has 0 fully saturated rings. The Kier molecular flexibility index (Phi) is 5.22. The summed E-state index contributed by atoms with van der Waals surface area (Å²) in [7, 11) is 1.38. The first-order valence-corrected chi connectivity index (χ1v) is 6.96. The fourth-order valence-electron chi connectivity index (χ4n) is 2.29. The number of ether oxygens (including phenoxy) is 1. The molecule has 0 bridgehead atoms. The van der Waals surface area contributed by atoms with Gasteiger partial charge in [0.2, 0.25) is 0 Å². The van der Waals surface area contributed by atoms with Gasteiger partial charge < -0.3 is 4.74 Å². The van der Waals surface area contributed by atoms with Gasteiger partial charge in [0.25, 0.3) is 0 Å². The number of nitrogens with zero attached hydrogens (tertiary/aromatic N) is 2. The minimum absolute atomic E-state index is 0.240. The van der Waals surface area contributed by atoms with Crippen molar-refractivity contribution in [1.29, 1.82) is 0 Å². The molecule has 21 heavy (non-hydrogen) atoms. The van der Waals surface area contributed by atoms with Gasteiger partial charge >= 0.3 is 5.97 Å². The molecular weight excluding hydrogens is 271 g/mol. The minimum Gasteiger partial charge on any atom is -0.469 e. The van der Waals surface area contributed by atoms with Gasteiger partial charge in [-0.05, 0) is 30.3 Å². The molecule has 0 aliphatic carbocycles. The Morgan fingerprint density at radius 3 is 2.95 bits per heavy atom. The lowest BCUT2D eigenvalue weighted by Gasteiger charge is -2.20. The first kappa shape index (κ1) is 15.4. The third kappa shape index (κ3) is 3.98. The number of benzene rings is 1. The fourth-order valence-corrected chi connectivity index (χ4v) is 2.29. The highest BCUT2D eigenvalue weighted by Gasteiger charge is 2.11. The number of carbonyl (C=O) groups is 1. The number of hydrogen-bond acceptors (Lipinski definition) is 4. The summed E-state index contributed by atoms with van der Waals surface area (Å²) in [5.41, 5.74) is 1.63. The number of hydrogen-bond donors (Lipinski definition) is 0. The van der Waals surface area contributed by atoms with Gasteiger partial charge in [-0.3, -0.25) is 14.7 Å². The van der Waals surface area contributed by atoms with Crippen LogP contribution in [-0.2, 0) is 16.1 Å². The highest BCUT2D eigenvalue weighted by molar-refractivity contribution is 5.81. The van der Waals surface area contributed by atoms with Crippen LogP contribution in [0.2, 0.25) is 0 Å². The van der Waals surface area contributed by atoms with E-state index < -0.39 is 0 Å². The van der Waals surface area contributed by atoms with Gasteiger partial charge in [0, 0.05) is 24.7 Å². The van der Waals surface area contributed by atoms with Crippen LogP contribution in [0.5, 0.6) is 0 Å². The van der Waals surface area contributed by atoms with Crippen molar-refractivity contribution in [1.82, 2.24) is 9.88 Å². The zero-order chi connectivity index (χ0) is 15.2. The van der Waals surface area contributed by atoms with E-state index in [0.29, 0.717) is 19.5 Å². The maximum atomic E-state index is 13.7. The van der Waals surface area contributed by atoms with Crippen LogP contribution in [0, 0.1) is 5.82 Å². The summed E-state index contributed by atoms with van der Waals surface area (Å²) in [6.45, 7) is 3.90. The van der Waals surface area contributed by atoms with Crippen LogP contribution in [0.3, 0.4) is 0 Å². The van der Waals surface area contributed by atoms with Crippen molar-refractivity contribution >= 4 is 16.9 Å². The second-order valence-corrected chi connectivity index (χ2v) is 4.83. The number of pyridine rings is 1. The topological polar surface area (TPSA) is 42.4 Å². The first-order valence-electron chi connectivity index (χ1n) is 6.96. The molecular formula is C16H19FN2O2. The van der Waals surface area contributed by atoms with E-state index in [2.05, 4.69) is 14.6 Å². The van der Waals surface area contributed by atoms with Crippen molar-refractivity contribution < 1.29 is 13.9 Å². The maximum Gasteiger partial charge on any atom is 0.306 e. The van der Waals surface area contributed by atoms with E-state index in [1.807, 2.05) is 13.0 Å². The van der Waals surface area contributed by atoms with Gasteiger partial charge in [0.15, 0.2) is 0 Å². The third-order valence-corrected chi connectivity index (χ3v) is 3.45. The number of rotatable bonds is 6. The molecule has 4 nitrogen and oxygen atoms in total. The molecule has 0 saturated heterocycles. The lowest BCUT2D eigenvalue weighted by Crippen LogP contribution is -2.26. The molecule has 112 valence electrons. The summed E-state index contributed by atoms with van der Waals surface area (Å²) >= 11 is 0. The summed E-state index contributed by atoms with van der Waals surface area (Å²) in [5.74, 6) is -0.509. The lowest BCUT2D eigenvalue weighted by molar-refractivity contribution is -0.141. The van der Waals surface area contributed by atoms with Crippen molar-refractivity contribution in [3.63, 3.8) is 0 Å². The zero-order valence-electron chi connectivity index (χ0n) is 12.3. The van der Waals surface area contributed by atoms with E-state index in [0.717, 1.165) is 23.0 Å². The first-order chi connectivity index (χ1) is 10.1. The van der Waals surface area contributed by atoms with Crippen molar-refractivity contribution in [2.45, 2.75) is 19.9 Å². The van der Waals surface area contributed by atoms with Gasteiger partial charge in [0.05, 0.1) is 19.0 Å². The van der Waals surface area contributed by atoms with Crippen molar-refractivity contribution in [2.75, 3.05) is 20.2 Å². The van der Waals surface area contributed by atoms with Crippen LogP contribution in [0.25, 0.3) is 10.9 Å². The molecule has 0 amide bonds. The second-order valence-electron chi connectivity index (χ2n) is 4.83. The fraction of sp³-hybridized carbons (Fsp3) is 0.375. The van der Waals surface area contributed by atoms with Crippen LogP contribution in [0.4, 0.5) is 4.39 Å². The van der Waals surface area contributed by atoms with Crippen LogP contribution < -0.4 is 0 Å². The Hall–Kier alpha value is -2.01. The van der Waals surface area contributed by atoms with Crippen molar-refractivity contribution in [3.05, 3.63) is 41.8 Å².